The highest BCUT2D eigenvalue weighted by Gasteiger charge is 2.33. The Morgan fingerprint density at radius 2 is 2.15 bits per heavy atom. The molecule has 1 saturated heterocycles. The number of nitro benzene ring substituents is 1. The van der Waals surface area contributed by atoms with E-state index in [4.69, 9.17) is 0 Å². The van der Waals surface area contributed by atoms with Gasteiger partial charge in [-0.15, -0.1) is 0 Å². The Morgan fingerprint density at radius 3 is 2.65 bits per heavy atom. The van der Waals surface area contributed by atoms with Gasteiger partial charge in [0.2, 0.25) is 0 Å². The summed E-state index contributed by atoms with van der Waals surface area (Å²) in [6.45, 7) is 3.89. The average molecular weight is 342 g/mol. The lowest BCUT2D eigenvalue weighted by Crippen LogP contribution is -2.34. The summed E-state index contributed by atoms with van der Waals surface area (Å²) < 4.78 is 0. The molecule has 1 heterocycles. The molecule has 0 bridgehead atoms. The summed E-state index contributed by atoms with van der Waals surface area (Å²) >= 11 is 3.34. The van der Waals surface area contributed by atoms with Crippen LogP contribution in [0.1, 0.15) is 12.5 Å². The number of likely N-dealkylation sites (N-methyl/N-ethyl adjacent to an activating group) is 1. The summed E-state index contributed by atoms with van der Waals surface area (Å²) in [7, 11) is 4.13. The SMILES string of the molecule is CC1CN(c2ccc(CBr)cc2[N+](=O)[O-])CC1N(C)C. The quantitative estimate of drug-likeness (QED) is 0.480. The molecule has 6 heteroatoms. The second-order valence-electron chi connectivity index (χ2n) is 5.63. The van der Waals surface area contributed by atoms with Gasteiger partial charge in [-0.1, -0.05) is 28.9 Å². The first kappa shape index (κ1) is 15.3. The van der Waals surface area contributed by atoms with Crippen molar-refractivity contribution in [1.29, 1.82) is 0 Å². The Hall–Kier alpha value is -1.14. The molecule has 0 amide bonds. The molecule has 2 unspecified atom stereocenters. The third kappa shape index (κ3) is 2.96. The van der Waals surface area contributed by atoms with E-state index in [1.54, 1.807) is 6.07 Å². The van der Waals surface area contributed by atoms with Crippen LogP contribution in [0.4, 0.5) is 11.4 Å². The van der Waals surface area contributed by atoms with Gasteiger partial charge in [0, 0.05) is 30.5 Å². The molecule has 0 aliphatic carbocycles. The van der Waals surface area contributed by atoms with Crippen molar-refractivity contribution in [2.24, 2.45) is 5.92 Å². The van der Waals surface area contributed by atoms with Gasteiger partial charge < -0.3 is 9.80 Å². The first-order valence-corrected chi connectivity index (χ1v) is 7.80. The molecule has 5 nitrogen and oxygen atoms in total. The predicted molar refractivity (Wildman–Crippen MR) is 84.6 cm³/mol. The Balaban J connectivity index is 2.32. The highest BCUT2D eigenvalue weighted by atomic mass is 79.9. The van der Waals surface area contributed by atoms with Crippen LogP contribution in [0, 0.1) is 16.0 Å². The van der Waals surface area contributed by atoms with Crippen LogP contribution in [0.15, 0.2) is 18.2 Å². The van der Waals surface area contributed by atoms with E-state index in [9.17, 15) is 10.1 Å². The lowest BCUT2D eigenvalue weighted by Gasteiger charge is -2.23. The maximum absolute atomic E-state index is 11.3. The van der Waals surface area contributed by atoms with Gasteiger partial charge in [0.15, 0.2) is 0 Å². The molecule has 1 aromatic rings. The van der Waals surface area contributed by atoms with Crippen LogP contribution in [-0.4, -0.2) is 43.0 Å². The monoisotopic (exact) mass is 341 g/mol. The number of nitrogens with zero attached hydrogens (tertiary/aromatic N) is 3. The summed E-state index contributed by atoms with van der Waals surface area (Å²) in [5.41, 5.74) is 1.86. The largest absolute Gasteiger partial charge is 0.364 e. The smallest absolute Gasteiger partial charge is 0.292 e. The number of halogens is 1. The van der Waals surface area contributed by atoms with Crippen molar-refractivity contribution < 1.29 is 4.92 Å². The highest BCUT2D eigenvalue weighted by Crippen LogP contribution is 2.34. The van der Waals surface area contributed by atoms with Gasteiger partial charge in [0.05, 0.1) is 4.92 Å². The fourth-order valence-electron chi connectivity index (χ4n) is 2.88. The zero-order valence-corrected chi connectivity index (χ0v) is 13.6. The molecule has 0 spiro atoms. The molecule has 1 aromatic carbocycles. The molecule has 1 aliphatic heterocycles. The van der Waals surface area contributed by atoms with E-state index in [0.29, 0.717) is 17.3 Å². The summed E-state index contributed by atoms with van der Waals surface area (Å²) in [5, 5.41) is 11.9. The van der Waals surface area contributed by atoms with Gasteiger partial charge in [-0.05, 0) is 31.6 Å². The van der Waals surface area contributed by atoms with E-state index in [2.05, 4.69) is 46.7 Å². The maximum atomic E-state index is 11.3. The Bertz CT molecular complexity index is 507. The molecular weight excluding hydrogens is 322 g/mol. The molecule has 2 rings (SSSR count). The molecule has 0 N–H and O–H groups in total. The zero-order chi connectivity index (χ0) is 14.9. The first-order valence-electron chi connectivity index (χ1n) is 6.68. The maximum Gasteiger partial charge on any atom is 0.292 e. The molecule has 1 fully saturated rings. The van der Waals surface area contributed by atoms with Crippen LogP contribution in [-0.2, 0) is 5.33 Å². The number of hydrogen-bond donors (Lipinski definition) is 0. The third-order valence-electron chi connectivity index (χ3n) is 3.97. The lowest BCUT2D eigenvalue weighted by atomic mass is 10.1. The third-order valence-corrected chi connectivity index (χ3v) is 4.61. The Morgan fingerprint density at radius 1 is 1.45 bits per heavy atom. The van der Waals surface area contributed by atoms with Crippen molar-refractivity contribution in [2.45, 2.75) is 18.3 Å². The lowest BCUT2D eigenvalue weighted by molar-refractivity contribution is -0.384. The van der Waals surface area contributed by atoms with E-state index in [1.165, 1.54) is 0 Å². The molecule has 110 valence electrons. The van der Waals surface area contributed by atoms with Gasteiger partial charge in [0.1, 0.15) is 5.69 Å². The van der Waals surface area contributed by atoms with Gasteiger partial charge in [0.25, 0.3) is 5.69 Å². The molecule has 1 aliphatic rings. The second kappa shape index (κ2) is 6.10. The fourth-order valence-corrected chi connectivity index (χ4v) is 3.23. The minimum absolute atomic E-state index is 0.202. The van der Waals surface area contributed by atoms with Gasteiger partial charge in [-0.25, -0.2) is 0 Å². The standard InChI is InChI=1S/C14H20BrN3O2/c1-10-8-17(9-14(10)16(2)3)12-5-4-11(7-15)6-13(12)18(19)20/h4-6,10,14H,7-9H2,1-3H3. The van der Waals surface area contributed by atoms with Gasteiger partial charge >= 0.3 is 0 Å². The number of nitro groups is 1. The molecular formula is C14H20BrN3O2. The van der Waals surface area contributed by atoms with E-state index in [-0.39, 0.29) is 10.6 Å². The van der Waals surface area contributed by atoms with Crippen molar-refractivity contribution in [3.05, 3.63) is 33.9 Å². The molecule has 0 saturated carbocycles. The summed E-state index contributed by atoms with van der Waals surface area (Å²) in [4.78, 5) is 15.3. The molecule has 0 aromatic heterocycles. The van der Waals surface area contributed by atoms with Crippen LogP contribution in [0.3, 0.4) is 0 Å². The molecule has 2 atom stereocenters. The van der Waals surface area contributed by atoms with Gasteiger partial charge in [-0.2, -0.15) is 0 Å². The van der Waals surface area contributed by atoms with E-state index < -0.39 is 0 Å². The first-order chi connectivity index (χ1) is 9.43. The van der Waals surface area contributed by atoms with E-state index >= 15 is 0 Å². The normalized spacial score (nSPS) is 22.6. The van der Waals surface area contributed by atoms with Crippen LogP contribution < -0.4 is 4.90 Å². The molecule has 0 radical (unpaired) electrons. The Labute approximate surface area is 127 Å². The van der Waals surface area contributed by atoms with Crippen molar-refractivity contribution in [3.8, 4) is 0 Å². The van der Waals surface area contributed by atoms with Crippen LogP contribution >= 0.6 is 15.9 Å². The van der Waals surface area contributed by atoms with E-state index in [0.717, 1.165) is 24.3 Å². The van der Waals surface area contributed by atoms with Crippen LogP contribution in [0.2, 0.25) is 0 Å². The highest BCUT2D eigenvalue weighted by molar-refractivity contribution is 9.08. The van der Waals surface area contributed by atoms with Crippen LogP contribution in [0.5, 0.6) is 0 Å². The van der Waals surface area contributed by atoms with Crippen molar-refractivity contribution in [2.75, 3.05) is 32.1 Å². The predicted octanol–water partition coefficient (Wildman–Crippen LogP) is 2.88. The minimum Gasteiger partial charge on any atom is -0.364 e. The van der Waals surface area contributed by atoms with E-state index in [1.807, 2.05) is 12.1 Å². The Kier molecular flexibility index (Phi) is 4.65. The zero-order valence-electron chi connectivity index (χ0n) is 12.0. The second-order valence-corrected chi connectivity index (χ2v) is 6.19. The van der Waals surface area contributed by atoms with Crippen molar-refractivity contribution >= 4 is 27.3 Å². The minimum atomic E-state index is -0.283. The number of hydrogen-bond acceptors (Lipinski definition) is 4. The summed E-state index contributed by atoms with van der Waals surface area (Å²) in [5.74, 6) is 0.500. The number of rotatable bonds is 4. The summed E-state index contributed by atoms with van der Waals surface area (Å²) in [6.07, 6.45) is 0. The van der Waals surface area contributed by atoms with Crippen LogP contribution in [0.25, 0.3) is 0 Å². The summed E-state index contributed by atoms with van der Waals surface area (Å²) in [6, 6.07) is 5.92. The molecule has 20 heavy (non-hydrogen) atoms. The average Bonchev–Trinajstić information content (AvgIpc) is 2.80. The number of alkyl halides is 1. The van der Waals surface area contributed by atoms with Gasteiger partial charge in [-0.3, -0.25) is 10.1 Å². The van der Waals surface area contributed by atoms with Crippen molar-refractivity contribution in [1.82, 2.24) is 4.90 Å². The number of anilines is 1. The number of benzene rings is 1. The van der Waals surface area contributed by atoms with Crippen molar-refractivity contribution in [3.63, 3.8) is 0 Å². The fraction of sp³-hybridized carbons (Fsp3) is 0.571. The topological polar surface area (TPSA) is 49.6 Å².